The monoisotopic (exact) mass is 218 g/mol. The Morgan fingerprint density at radius 2 is 1.75 bits per heavy atom. The van der Waals surface area contributed by atoms with Crippen molar-refractivity contribution in [2.75, 3.05) is 13.2 Å². The Morgan fingerprint density at radius 1 is 1.00 bits per heavy atom. The molecule has 1 nitrogen and oxygen atoms in total. The van der Waals surface area contributed by atoms with Crippen LogP contribution in [-0.2, 0) is 11.2 Å². The molecular formula is C15H22O. The van der Waals surface area contributed by atoms with Crippen molar-refractivity contribution in [2.24, 2.45) is 5.92 Å². The Labute approximate surface area is 98.8 Å². The van der Waals surface area contributed by atoms with Gasteiger partial charge in [-0.2, -0.15) is 0 Å². The molecule has 0 amide bonds. The molecule has 88 valence electrons. The van der Waals surface area contributed by atoms with Crippen LogP contribution >= 0.6 is 0 Å². The lowest BCUT2D eigenvalue weighted by molar-refractivity contribution is 0.0632. The van der Waals surface area contributed by atoms with Gasteiger partial charge in [-0.05, 0) is 37.2 Å². The highest BCUT2D eigenvalue weighted by atomic mass is 16.5. The van der Waals surface area contributed by atoms with Gasteiger partial charge in [0.1, 0.15) is 0 Å². The summed E-state index contributed by atoms with van der Waals surface area (Å²) in [4.78, 5) is 0. The molecule has 1 fully saturated rings. The van der Waals surface area contributed by atoms with E-state index in [0.29, 0.717) is 0 Å². The number of hydrogen-bond donors (Lipinski definition) is 0. The quantitative estimate of drug-likeness (QED) is 0.683. The van der Waals surface area contributed by atoms with Crippen molar-refractivity contribution in [3.63, 3.8) is 0 Å². The lowest BCUT2D eigenvalue weighted by Gasteiger charge is -2.21. The van der Waals surface area contributed by atoms with E-state index in [2.05, 4.69) is 30.3 Å². The Bertz CT molecular complexity index is 275. The zero-order chi connectivity index (χ0) is 11.1. The van der Waals surface area contributed by atoms with E-state index in [4.69, 9.17) is 4.74 Å². The second kappa shape index (κ2) is 6.70. The molecule has 1 aliphatic rings. The van der Waals surface area contributed by atoms with Crippen molar-refractivity contribution in [2.45, 2.75) is 38.5 Å². The van der Waals surface area contributed by atoms with Gasteiger partial charge in [0.15, 0.2) is 0 Å². The number of unbranched alkanes of at least 4 members (excludes halogenated alkanes) is 1. The van der Waals surface area contributed by atoms with Crippen LogP contribution in [0.2, 0.25) is 0 Å². The number of ether oxygens (including phenoxy) is 1. The Kier molecular flexibility index (Phi) is 4.88. The van der Waals surface area contributed by atoms with E-state index in [1.165, 1.54) is 44.1 Å². The Morgan fingerprint density at radius 3 is 2.50 bits per heavy atom. The Balaban J connectivity index is 1.58. The van der Waals surface area contributed by atoms with E-state index in [0.717, 1.165) is 19.1 Å². The zero-order valence-electron chi connectivity index (χ0n) is 10.0. The molecule has 1 aromatic rings. The average molecular weight is 218 g/mol. The molecule has 1 heterocycles. The van der Waals surface area contributed by atoms with Gasteiger partial charge in [-0.3, -0.25) is 0 Å². The van der Waals surface area contributed by atoms with Gasteiger partial charge in [0, 0.05) is 13.2 Å². The summed E-state index contributed by atoms with van der Waals surface area (Å²) in [5.41, 5.74) is 1.48. The van der Waals surface area contributed by atoms with Crippen LogP contribution in [0.25, 0.3) is 0 Å². The standard InChI is InChI=1S/C15H22O/c1-2-6-14(7-3-1)8-4-5-9-15-10-12-16-13-11-15/h1-3,6-7,15H,4-5,8-13H2. The number of benzene rings is 1. The number of rotatable bonds is 5. The minimum Gasteiger partial charge on any atom is -0.381 e. The van der Waals surface area contributed by atoms with Crippen LogP contribution in [0.1, 0.15) is 37.7 Å². The summed E-state index contributed by atoms with van der Waals surface area (Å²) in [5, 5.41) is 0. The van der Waals surface area contributed by atoms with E-state index < -0.39 is 0 Å². The minimum atomic E-state index is 0.935. The molecule has 0 atom stereocenters. The fraction of sp³-hybridized carbons (Fsp3) is 0.600. The van der Waals surface area contributed by atoms with Crippen LogP contribution in [0.3, 0.4) is 0 Å². The van der Waals surface area contributed by atoms with Crippen molar-refractivity contribution in [3.05, 3.63) is 35.9 Å². The van der Waals surface area contributed by atoms with Gasteiger partial charge in [0.05, 0.1) is 0 Å². The molecule has 0 spiro atoms. The lowest BCUT2D eigenvalue weighted by atomic mass is 9.93. The first-order chi connectivity index (χ1) is 7.95. The molecule has 0 aliphatic carbocycles. The van der Waals surface area contributed by atoms with Gasteiger partial charge >= 0.3 is 0 Å². The van der Waals surface area contributed by atoms with Crippen LogP contribution < -0.4 is 0 Å². The van der Waals surface area contributed by atoms with Crippen LogP contribution in [0.5, 0.6) is 0 Å². The molecule has 0 radical (unpaired) electrons. The summed E-state index contributed by atoms with van der Waals surface area (Å²) in [7, 11) is 0. The van der Waals surface area contributed by atoms with E-state index in [9.17, 15) is 0 Å². The molecule has 2 rings (SSSR count). The van der Waals surface area contributed by atoms with Gasteiger partial charge < -0.3 is 4.74 Å². The third-order valence-electron chi connectivity index (χ3n) is 3.51. The summed E-state index contributed by atoms with van der Waals surface area (Å²) < 4.78 is 5.38. The van der Waals surface area contributed by atoms with Gasteiger partial charge in [0.2, 0.25) is 0 Å². The molecule has 0 unspecified atom stereocenters. The number of hydrogen-bond acceptors (Lipinski definition) is 1. The maximum Gasteiger partial charge on any atom is 0.0468 e. The van der Waals surface area contributed by atoms with Gasteiger partial charge in [-0.25, -0.2) is 0 Å². The van der Waals surface area contributed by atoms with Crippen molar-refractivity contribution >= 4 is 0 Å². The van der Waals surface area contributed by atoms with Crippen LogP contribution in [0, 0.1) is 5.92 Å². The third-order valence-corrected chi connectivity index (χ3v) is 3.51. The summed E-state index contributed by atoms with van der Waals surface area (Å²) in [6, 6.07) is 10.8. The van der Waals surface area contributed by atoms with Gasteiger partial charge in [-0.15, -0.1) is 0 Å². The first kappa shape index (κ1) is 11.7. The summed E-state index contributed by atoms with van der Waals surface area (Å²) >= 11 is 0. The van der Waals surface area contributed by atoms with E-state index in [1.807, 2.05) is 0 Å². The predicted molar refractivity (Wildman–Crippen MR) is 67.5 cm³/mol. The fourth-order valence-corrected chi connectivity index (χ4v) is 2.44. The van der Waals surface area contributed by atoms with Crippen molar-refractivity contribution < 1.29 is 4.74 Å². The maximum atomic E-state index is 5.38. The predicted octanol–water partition coefficient (Wildman–Crippen LogP) is 3.83. The summed E-state index contributed by atoms with van der Waals surface area (Å²) in [6.07, 6.45) is 7.91. The summed E-state index contributed by atoms with van der Waals surface area (Å²) in [5.74, 6) is 0.935. The second-order valence-electron chi connectivity index (χ2n) is 4.79. The summed E-state index contributed by atoms with van der Waals surface area (Å²) in [6.45, 7) is 1.98. The van der Waals surface area contributed by atoms with Gasteiger partial charge in [-0.1, -0.05) is 43.2 Å². The van der Waals surface area contributed by atoms with E-state index in [-0.39, 0.29) is 0 Å². The first-order valence-corrected chi connectivity index (χ1v) is 6.57. The van der Waals surface area contributed by atoms with Crippen LogP contribution in [-0.4, -0.2) is 13.2 Å². The second-order valence-corrected chi connectivity index (χ2v) is 4.79. The maximum absolute atomic E-state index is 5.38. The smallest absolute Gasteiger partial charge is 0.0468 e. The van der Waals surface area contributed by atoms with E-state index in [1.54, 1.807) is 0 Å². The topological polar surface area (TPSA) is 9.23 Å². The fourth-order valence-electron chi connectivity index (χ4n) is 2.44. The highest BCUT2D eigenvalue weighted by Gasteiger charge is 2.12. The van der Waals surface area contributed by atoms with E-state index >= 15 is 0 Å². The molecular weight excluding hydrogens is 196 g/mol. The first-order valence-electron chi connectivity index (χ1n) is 6.57. The van der Waals surface area contributed by atoms with Crippen molar-refractivity contribution in [1.82, 2.24) is 0 Å². The van der Waals surface area contributed by atoms with Gasteiger partial charge in [0.25, 0.3) is 0 Å². The highest BCUT2D eigenvalue weighted by Crippen LogP contribution is 2.21. The van der Waals surface area contributed by atoms with Crippen LogP contribution in [0.15, 0.2) is 30.3 Å². The highest BCUT2D eigenvalue weighted by molar-refractivity contribution is 5.14. The molecule has 1 aliphatic heterocycles. The molecule has 1 heteroatoms. The third kappa shape index (κ3) is 3.97. The lowest BCUT2D eigenvalue weighted by Crippen LogP contribution is -2.15. The molecule has 0 bridgehead atoms. The largest absolute Gasteiger partial charge is 0.381 e. The van der Waals surface area contributed by atoms with Crippen molar-refractivity contribution in [3.8, 4) is 0 Å². The average Bonchev–Trinajstić information content (AvgIpc) is 2.37. The minimum absolute atomic E-state index is 0.935. The molecule has 1 saturated heterocycles. The molecule has 1 aromatic carbocycles. The molecule has 16 heavy (non-hydrogen) atoms. The zero-order valence-corrected chi connectivity index (χ0v) is 10.0. The number of aryl methyl sites for hydroxylation is 1. The molecule has 0 aromatic heterocycles. The SMILES string of the molecule is c1ccc(CCCCC2CCOCC2)cc1. The van der Waals surface area contributed by atoms with Crippen molar-refractivity contribution in [1.29, 1.82) is 0 Å². The van der Waals surface area contributed by atoms with Crippen LogP contribution in [0.4, 0.5) is 0 Å². The Hall–Kier alpha value is -0.820. The molecule has 0 N–H and O–H groups in total. The molecule has 0 saturated carbocycles. The normalized spacial score (nSPS) is 17.5.